The number of rotatable bonds is 6. The third-order valence-corrected chi connectivity index (χ3v) is 4.07. The molecule has 0 heterocycles. The normalized spacial score (nSPS) is 17.4. The van der Waals surface area contributed by atoms with E-state index in [0.717, 1.165) is 24.9 Å². The standard InChI is InChI=1S/C17H25NO2/c1-18(2)12-13-20-17(19)16(15-10-6-7-11-15)14-8-4-3-5-9-14/h3-5,8-9,15-16H,6-7,10-13H2,1-2H3. The number of ether oxygens (including phenoxy) is 1. The molecule has 0 saturated heterocycles. The molecule has 0 aliphatic heterocycles. The molecule has 0 spiro atoms. The molecule has 2 rings (SSSR count). The van der Waals surface area contributed by atoms with Crippen LogP contribution in [0.3, 0.4) is 0 Å². The van der Waals surface area contributed by atoms with Gasteiger partial charge in [-0.25, -0.2) is 0 Å². The molecule has 1 aliphatic rings. The van der Waals surface area contributed by atoms with Gasteiger partial charge in [0.15, 0.2) is 0 Å². The van der Waals surface area contributed by atoms with E-state index in [1.54, 1.807) is 0 Å². The van der Waals surface area contributed by atoms with Gasteiger partial charge in [0.25, 0.3) is 0 Å². The first-order valence-corrected chi connectivity index (χ1v) is 7.55. The maximum absolute atomic E-state index is 12.5. The van der Waals surface area contributed by atoms with Crippen molar-refractivity contribution in [2.75, 3.05) is 27.2 Å². The second-order valence-electron chi connectivity index (χ2n) is 5.90. The molecule has 0 N–H and O–H groups in total. The summed E-state index contributed by atoms with van der Waals surface area (Å²) in [7, 11) is 3.97. The van der Waals surface area contributed by atoms with Gasteiger partial charge in [0, 0.05) is 6.54 Å². The zero-order chi connectivity index (χ0) is 14.4. The summed E-state index contributed by atoms with van der Waals surface area (Å²) in [5.41, 5.74) is 1.11. The van der Waals surface area contributed by atoms with Gasteiger partial charge in [0.1, 0.15) is 6.61 Å². The Bertz CT molecular complexity index is 410. The van der Waals surface area contributed by atoms with E-state index >= 15 is 0 Å². The molecule has 1 fully saturated rings. The minimum atomic E-state index is -0.0825. The highest BCUT2D eigenvalue weighted by molar-refractivity contribution is 5.78. The third kappa shape index (κ3) is 4.07. The molecular formula is C17H25NO2. The quantitative estimate of drug-likeness (QED) is 0.747. The first-order chi connectivity index (χ1) is 9.68. The predicted octanol–water partition coefficient (Wildman–Crippen LogP) is 3.07. The SMILES string of the molecule is CN(C)CCOC(=O)C(c1ccccc1)C1CCCC1. The molecule has 3 nitrogen and oxygen atoms in total. The Morgan fingerprint density at radius 1 is 1.25 bits per heavy atom. The highest BCUT2D eigenvalue weighted by Gasteiger charge is 2.32. The highest BCUT2D eigenvalue weighted by Crippen LogP contribution is 2.38. The minimum Gasteiger partial charge on any atom is -0.464 e. The Labute approximate surface area is 121 Å². The zero-order valence-corrected chi connectivity index (χ0v) is 12.5. The molecule has 110 valence electrons. The average molecular weight is 275 g/mol. The summed E-state index contributed by atoms with van der Waals surface area (Å²) in [6, 6.07) is 10.1. The predicted molar refractivity (Wildman–Crippen MR) is 80.7 cm³/mol. The smallest absolute Gasteiger partial charge is 0.313 e. The first kappa shape index (κ1) is 15.0. The Morgan fingerprint density at radius 2 is 1.90 bits per heavy atom. The van der Waals surface area contributed by atoms with Crippen LogP contribution in [0.25, 0.3) is 0 Å². The van der Waals surface area contributed by atoms with Crippen molar-refractivity contribution >= 4 is 5.97 Å². The van der Waals surface area contributed by atoms with Crippen molar-refractivity contribution in [3.8, 4) is 0 Å². The molecule has 1 aromatic rings. The molecular weight excluding hydrogens is 250 g/mol. The van der Waals surface area contributed by atoms with Gasteiger partial charge in [-0.2, -0.15) is 0 Å². The van der Waals surface area contributed by atoms with Crippen LogP contribution in [0.15, 0.2) is 30.3 Å². The largest absolute Gasteiger partial charge is 0.464 e. The van der Waals surface area contributed by atoms with Crippen molar-refractivity contribution in [2.24, 2.45) is 5.92 Å². The van der Waals surface area contributed by atoms with Crippen LogP contribution in [-0.4, -0.2) is 38.1 Å². The van der Waals surface area contributed by atoms with Crippen LogP contribution in [0.4, 0.5) is 0 Å². The number of hydrogen-bond acceptors (Lipinski definition) is 3. The number of carbonyl (C=O) groups is 1. The summed E-state index contributed by atoms with van der Waals surface area (Å²) in [5.74, 6) is 0.315. The van der Waals surface area contributed by atoms with E-state index < -0.39 is 0 Å². The van der Waals surface area contributed by atoms with Gasteiger partial charge >= 0.3 is 5.97 Å². The second-order valence-corrected chi connectivity index (χ2v) is 5.90. The molecule has 0 bridgehead atoms. The third-order valence-electron chi connectivity index (χ3n) is 4.07. The maximum atomic E-state index is 12.5. The monoisotopic (exact) mass is 275 g/mol. The fraction of sp³-hybridized carbons (Fsp3) is 0.588. The van der Waals surface area contributed by atoms with Crippen molar-refractivity contribution in [2.45, 2.75) is 31.6 Å². The van der Waals surface area contributed by atoms with E-state index in [-0.39, 0.29) is 11.9 Å². The van der Waals surface area contributed by atoms with Crippen LogP contribution in [-0.2, 0) is 9.53 Å². The lowest BCUT2D eigenvalue weighted by Crippen LogP contribution is -2.26. The van der Waals surface area contributed by atoms with Gasteiger partial charge in [-0.05, 0) is 38.4 Å². The molecule has 1 aromatic carbocycles. The van der Waals surface area contributed by atoms with Crippen molar-refractivity contribution in [1.29, 1.82) is 0 Å². The number of nitrogens with zero attached hydrogens (tertiary/aromatic N) is 1. The van der Waals surface area contributed by atoms with Crippen molar-refractivity contribution in [3.63, 3.8) is 0 Å². The van der Waals surface area contributed by atoms with E-state index in [0.29, 0.717) is 12.5 Å². The zero-order valence-electron chi connectivity index (χ0n) is 12.5. The van der Waals surface area contributed by atoms with E-state index in [2.05, 4.69) is 12.1 Å². The van der Waals surface area contributed by atoms with Crippen LogP contribution in [0.5, 0.6) is 0 Å². The average Bonchev–Trinajstić information content (AvgIpc) is 2.93. The van der Waals surface area contributed by atoms with Crippen LogP contribution in [0.1, 0.15) is 37.2 Å². The molecule has 3 heteroatoms. The summed E-state index contributed by atoms with van der Waals surface area (Å²) in [4.78, 5) is 14.5. The van der Waals surface area contributed by atoms with Gasteiger partial charge in [-0.1, -0.05) is 43.2 Å². The fourth-order valence-corrected chi connectivity index (χ4v) is 2.97. The van der Waals surface area contributed by atoms with Gasteiger partial charge in [-0.15, -0.1) is 0 Å². The highest BCUT2D eigenvalue weighted by atomic mass is 16.5. The Hall–Kier alpha value is -1.35. The van der Waals surface area contributed by atoms with E-state index in [1.807, 2.05) is 37.2 Å². The fourth-order valence-electron chi connectivity index (χ4n) is 2.97. The lowest BCUT2D eigenvalue weighted by atomic mass is 9.85. The van der Waals surface area contributed by atoms with Crippen LogP contribution < -0.4 is 0 Å². The lowest BCUT2D eigenvalue weighted by Gasteiger charge is -2.22. The lowest BCUT2D eigenvalue weighted by molar-refractivity contribution is -0.147. The molecule has 1 saturated carbocycles. The topological polar surface area (TPSA) is 29.5 Å². The summed E-state index contributed by atoms with van der Waals surface area (Å²) in [6.45, 7) is 1.25. The van der Waals surface area contributed by atoms with Crippen molar-refractivity contribution in [3.05, 3.63) is 35.9 Å². The van der Waals surface area contributed by atoms with Gasteiger partial charge in [0.05, 0.1) is 5.92 Å². The first-order valence-electron chi connectivity index (χ1n) is 7.55. The molecule has 20 heavy (non-hydrogen) atoms. The van der Waals surface area contributed by atoms with Crippen LogP contribution in [0, 0.1) is 5.92 Å². The molecule has 1 aliphatic carbocycles. The summed E-state index contributed by atoms with van der Waals surface area (Å²) >= 11 is 0. The summed E-state index contributed by atoms with van der Waals surface area (Å²) < 4.78 is 5.50. The van der Waals surface area contributed by atoms with E-state index in [1.165, 1.54) is 12.8 Å². The summed E-state index contributed by atoms with van der Waals surface area (Å²) in [6.07, 6.45) is 4.75. The number of hydrogen-bond donors (Lipinski definition) is 0. The maximum Gasteiger partial charge on any atom is 0.313 e. The Kier molecular flexibility index (Phi) is 5.60. The van der Waals surface area contributed by atoms with E-state index in [4.69, 9.17) is 4.74 Å². The number of benzene rings is 1. The van der Waals surface area contributed by atoms with Gasteiger partial charge in [-0.3, -0.25) is 4.79 Å². The molecule has 1 atom stereocenters. The number of carbonyl (C=O) groups excluding carboxylic acids is 1. The number of esters is 1. The van der Waals surface area contributed by atoms with E-state index in [9.17, 15) is 4.79 Å². The Balaban J connectivity index is 2.04. The molecule has 0 amide bonds. The van der Waals surface area contributed by atoms with Crippen molar-refractivity contribution < 1.29 is 9.53 Å². The molecule has 1 unspecified atom stereocenters. The summed E-state index contributed by atoms with van der Waals surface area (Å²) in [5, 5.41) is 0. The Morgan fingerprint density at radius 3 is 2.50 bits per heavy atom. The second kappa shape index (κ2) is 7.44. The van der Waals surface area contributed by atoms with Gasteiger partial charge in [0.2, 0.25) is 0 Å². The van der Waals surface area contributed by atoms with Gasteiger partial charge < -0.3 is 9.64 Å². The minimum absolute atomic E-state index is 0.0510. The number of likely N-dealkylation sites (N-methyl/N-ethyl adjacent to an activating group) is 1. The molecule has 0 aromatic heterocycles. The van der Waals surface area contributed by atoms with Crippen LogP contribution >= 0.6 is 0 Å². The molecule has 0 radical (unpaired) electrons. The van der Waals surface area contributed by atoms with Crippen molar-refractivity contribution in [1.82, 2.24) is 4.90 Å². The van der Waals surface area contributed by atoms with Crippen LogP contribution in [0.2, 0.25) is 0 Å².